The van der Waals surface area contributed by atoms with Gasteiger partial charge in [0.15, 0.2) is 5.52 Å². The number of nitrogens with zero attached hydrogens (tertiary/aromatic N) is 5. The largest absolute Gasteiger partial charge is 0.288 e. The fourth-order valence-electron chi connectivity index (χ4n) is 2.44. The summed E-state index contributed by atoms with van der Waals surface area (Å²) in [5.74, 6) is 0. The van der Waals surface area contributed by atoms with Crippen LogP contribution in [-0.2, 0) is 13.5 Å². The van der Waals surface area contributed by atoms with E-state index in [0.717, 1.165) is 22.8 Å². The van der Waals surface area contributed by atoms with Gasteiger partial charge in [0.2, 0.25) is 0 Å². The molecule has 0 saturated carbocycles. The zero-order chi connectivity index (χ0) is 15.1. The van der Waals surface area contributed by atoms with E-state index in [1.54, 1.807) is 34.0 Å². The lowest BCUT2D eigenvalue weighted by atomic mass is 10.3. The van der Waals surface area contributed by atoms with Crippen molar-refractivity contribution in [1.29, 1.82) is 0 Å². The highest BCUT2D eigenvalue weighted by molar-refractivity contribution is 7.09. The molecule has 1 atom stereocenters. The number of fused-ring (bicyclic) bond motifs is 1. The van der Waals surface area contributed by atoms with Crippen LogP contribution in [0.1, 0.15) is 36.3 Å². The van der Waals surface area contributed by atoms with Gasteiger partial charge in [-0.2, -0.15) is 5.10 Å². The first kappa shape index (κ1) is 13.9. The van der Waals surface area contributed by atoms with Crippen LogP contribution < -0.4 is 5.56 Å². The summed E-state index contributed by atoms with van der Waals surface area (Å²) >= 11 is 1.56. The van der Waals surface area contributed by atoms with E-state index in [9.17, 15) is 4.79 Å². The van der Waals surface area contributed by atoms with Gasteiger partial charge in [-0.3, -0.25) is 14.0 Å². The summed E-state index contributed by atoms with van der Waals surface area (Å²) in [5.41, 5.74) is 3.00. The molecule has 110 valence electrons. The summed E-state index contributed by atoms with van der Waals surface area (Å²) < 4.78 is 3.25. The van der Waals surface area contributed by atoms with Crippen LogP contribution in [0.3, 0.4) is 0 Å². The quantitative estimate of drug-likeness (QED) is 0.743. The van der Waals surface area contributed by atoms with Crippen molar-refractivity contribution in [2.45, 2.75) is 33.2 Å². The molecule has 3 aromatic heterocycles. The number of aryl methyl sites for hydroxylation is 3. The van der Waals surface area contributed by atoms with E-state index in [2.05, 4.69) is 15.1 Å². The van der Waals surface area contributed by atoms with Crippen molar-refractivity contribution >= 4 is 22.4 Å². The Labute approximate surface area is 126 Å². The predicted octanol–water partition coefficient (Wildman–Crippen LogP) is 2.07. The Morgan fingerprint density at radius 3 is 2.81 bits per heavy atom. The molecule has 0 unspecified atom stereocenters. The van der Waals surface area contributed by atoms with Crippen molar-refractivity contribution in [3.63, 3.8) is 0 Å². The topological polar surface area (TPSA) is 65.6 Å². The predicted molar refractivity (Wildman–Crippen MR) is 82.8 cm³/mol. The maximum atomic E-state index is 12.7. The van der Waals surface area contributed by atoms with Crippen LogP contribution in [0.4, 0.5) is 0 Å². The zero-order valence-electron chi connectivity index (χ0n) is 12.5. The number of aromatic nitrogens is 5. The van der Waals surface area contributed by atoms with E-state index in [4.69, 9.17) is 0 Å². The Morgan fingerprint density at radius 1 is 1.43 bits per heavy atom. The second kappa shape index (κ2) is 5.07. The van der Waals surface area contributed by atoms with E-state index in [-0.39, 0.29) is 11.6 Å². The summed E-state index contributed by atoms with van der Waals surface area (Å²) in [6.07, 6.45) is 2.36. The van der Waals surface area contributed by atoms with Crippen LogP contribution in [0.15, 0.2) is 16.5 Å². The van der Waals surface area contributed by atoms with Gasteiger partial charge < -0.3 is 0 Å². The summed E-state index contributed by atoms with van der Waals surface area (Å²) in [6.45, 7) is 5.92. The molecule has 0 aliphatic heterocycles. The van der Waals surface area contributed by atoms with Crippen molar-refractivity contribution < 1.29 is 0 Å². The third kappa shape index (κ3) is 2.17. The Morgan fingerprint density at radius 2 is 2.19 bits per heavy atom. The average Bonchev–Trinajstić information content (AvgIpc) is 3.03. The molecule has 0 aromatic carbocycles. The standard InChI is InChI=1S/C14H17N5OS/c1-5-10-11-12(18(4)17-10)14(20)19(7-15-11)9(3)13-16-8(2)6-21-13/h6-7,9H,5H2,1-4H3/t9-/m0/s1. The molecule has 0 spiro atoms. The molecule has 6 nitrogen and oxygen atoms in total. The SMILES string of the molecule is CCc1nn(C)c2c(=O)n([C@@H](C)c3nc(C)cs3)cnc12. The maximum Gasteiger partial charge on any atom is 0.280 e. The highest BCUT2D eigenvalue weighted by Crippen LogP contribution is 2.21. The molecule has 21 heavy (non-hydrogen) atoms. The van der Waals surface area contributed by atoms with Gasteiger partial charge in [-0.05, 0) is 20.3 Å². The van der Waals surface area contributed by atoms with Gasteiger partial charge in [0, 0.05) is 18.1 Å². The molecule has 3 heterocycles. The lowest BCUT2D eigenvalue weighted by Crippen LogP contribution is -2.25. The Kier molecular flexibility index (Phi) is 3.36. The maximum absolute atomic E-state index is 12.7. The third-order valence-electron chi connectivity index (χ3n) is 3.59. The molecule has 3 rings (SSSR count). The molecule has 0 aliphatic carbocycles. The average molecular weight is 303 g/mol. The lowest BCUT2D eigenvalue weighted by Gasteiger charge is -2.12. The lowest BCUT2D eigenvalue weighted by molar-refractivity contribution is 0.600. The minimum Gasteiger partial charge on any atom is -0.288 e. The van der Waals surface area contributed by atoms with Crippen LogP contribution in [0.2, 0.25) is 0 Å². The molecule has 3 aromatic rings. The van der Waals surface area contributed by atoms with Gasteiger partial charge in [-0.15, -0.1) is 11.3 Å². The van der Waals surface area contributed by atoms with E-state index in [1.807, 2.05) is 26.2 Å². The van der Waals surface area contributed by atoms with Gasteiger partial charge in [0.05, 0.1) is 18.1 Å². The highest BCUT2D eigenvalue weighted by atomic mass is 32.1. The third-order valence-corrected chi connectivity index (χ3v) is 4.72. The molecular formula is C14H17N5OS. The molecular weight excluding hydrogens is 286 g/mol. The minimum absolute atomic E-state index is 0.0740. The Hall–Kier alpha value is -2.02. The van der Waals surface area contributed by atoms with E-state index < -0.39 is 0 Å². The summed E-state index contributed by atoms with van der Waals surface area (Å²) in [4.78, 5) is 21.6. The highest BCUT2D eigenvalue weighted by Gasteiger charge is 2.18. The van der Waals surface area contributed by atoms with Gasteiger partial charge in [0.1, 0.15) is 10.5 Å². The van der Waals surface area contributed by atoms with E-state index in [0.29, 0.717) is 11.0 Å². The summed E-state index contributed by atoms with van der Waals surface area (Å²) in [6, 6.07) is -0.131. The minimum atomic E-state index is -0.131. The Balaban J connectivity index is 2.18. The van der Waals surface area contributed by atoms with E-state index >= 15 is 0 Å². The van der Waals surface area contributed by atoms with Gasteiger partial charge in [-0.25, -0.2) is 9.97 Å². The van der Waals surface area contributed by atoms with Gasteiger partial charge in [0.25, 0.3) is 5.56 Å². The fraction of sp³-hybridized carbons (Fsp3) is 0.429. The smallest absolute Gasteiger partial charge is 0.280 e. The van der Waals surface area contributed by atoms with Crippen molar-refractivity contribution in [3.8, 4) is 0 Å². The molecule has 0 radical (unpaired) electrons. The molecule has 0 fully saturated rings. The fourth-order valence-corrected chi connectivity index (χ4v) is 3.29. The normalized spacial score (nSPS) is 13.0. The Bertz CT molecular complexity index is 860. The van der Waals surface area contributed by atoms with Crippen molar-refractivity contribution in [2.24, 2.45) is 7.05 Å². The molecule has 7 heteroatoms. The van der Waals surface area contributed by atoms with E-state index in [1.165, 1.54) is 0 Å². The first-order chi connectivity index (χ1) is 10.0. The van der Waals surface area contributed by atoms with Gasteiger partial charge >= 0.3 is 0 Å². The molecule has 0 amide bonds. The van der Waals surface area contributed by atoms with Crippen LogP contribution in [0.5, 0.6) is 0 Å². The van der Waals surface area contributed by atoms with Crippen molar-refractivity contribution in [3.05, 3.63) is 38.5 Å². The summed E-state index contributed by atoms with van der Waals surface area (Å²) in [7, 11) is 1.78. The first-order valence-electron chi connectivity index (χ1n) is 6.87. The number of hydrogen-bond donors (Lipinski definition) is 0. The second-order valence-corrected chi connectivity index (χ2v) is 5.97. The number of thiazole rings is 1. The van der Waals surface area contributed by atoms with Crippen molar-refractivity contribution in [2.75, 3.05) is 0 Å². The van der Waals surface area contributed by atoms with Crippen LogP contribution in [0, 0.1) is 6.92 Å². The van der Waals surface area contributed by atoms with Crippen LogP contribution in [0.25, 0.3) is 11.0 Å². The van der Waals surface area contributed by atoms with Crippen LogP contribution >= 0.6 is 11.3 Å². The monoisotopic (exact) mass is 303 g/mol. The molecule has 0 aliphatic rings. The molecule has 0 saturated heterocycles. The zero-order valence-corrected chi connectivity index (χ0v) is 13.3. The van der Waals surface area contributed by atoms with Crippen LogP contribution in [-0.4, -0.2) is 24.3 Å². The second-order valence-electron chi connectivity index (χ2n) is 5.08. The van der Waals surface area contributed by atoms with Gasteiger partial charge in [-0.1, -0.05) is 6.92 Å². The first-order valence-corrected chi connectivity index (χ1v) is 7.75. The summed E-state index contributed by atoms with van der Waals surface area (Å²) in [5, 5.41) is 7.27. The molecule has 0 bridgehead atoms. The van der Waals surface area contributed by atoms with Crippen molar-refractivity contribution in [1.82, 2.24) is 24.3 Å². The number of hydrogen-bond acceptors (Lipinski definition) is 5. The number of rotatable bonds is 3. The molecule has 0 N–H and O–H groups in total.